The van der Waals surface area contributed by atoms with Crippen molar-refractivity contribution in [2.24, 2.45) is 0 Å². The van der Waals surface area contributed by atoms with E-state index in [0.29, 0.717) is 22.1 Å². The standard InChI is InChI=1S/C31H28F3N5O3/c1-19(40)37-28-17-29(36-18-35-28)42-24-8-9-25-21(15-24)4-3-5-26(25)30(41)38-23-7-6-22(27(16-23)31(32,33)34)14-20-10-12-39(2)13-11-20/h3-9,14-18H,10-13H2,1-2H3,(H,38,41)(H,35,36,37,40). The van der Waals surface area contributed by atoms with E-state index in [1.807, 2.05) is 7.05 Å². The van der Waals surface area contributed by atoms with Crippen molar-refractivity contribution in [2.45, 2.75) is 25.9 Å². The smallest absolute Gasteiger partial charge is 0.417 e. The maximum absolute atomic E-state index is 14.0. The minimum Gasteiger partial charge on any atom is -0.439 e. The van der Waals surface area contributed by atoms with E-state index in [0.717, 1.165) is 37.6 Å². The van der Waals surface area contributed by atoms with Crippen molar-refractivity contribution in [1.82, 2.24) is 14.9 Å². The first-order chi connectivity index (χ1) is 20.0. The van der Waals surface area contributed by atoms with Gasteiger partial charge in [-0.1, -0.05) is 29.8 Å². The Bertz CT molecular complexity index is 1680. The Hall–Kier alpha value is -4.77. The molecule has 0 saturated carbocycles. The second-order valence-electron chi connectivity index (χ2n) is 10.1. The first kappa shape index (κ1) is 28.7. The fourth-order valence-corrected chi connectivity index (χ4v) is 4.76. The van der Waals surface area contributed by atoms with E-state index in [2.05, 4.69) is 25.5 Å². The number of aromatic nitrogens is 2. The Labute approximate surface area is 240 Å². The van der Waals surface area contributed by atoms with Crippen LogP contribution < -0.4 is 15.4 Å². The number of alkyl halides is 3. The number of nitrogens with one attached hydrogen (secondary N) is 2. The molecule has 216 valence electrons. The highest BCUT2D eigenvalue weighted by molar-refractivity contribution is 6.13. The highest BCUT2D eigenvalue weighted by atomic mass is 19.4. The molecular weight excluding hydrogens is 547 g/mol. The van der Waals surface area contributed by atoms with Crippen molar-refractivity contribution in [1.29, 1.82) is 0 Å². The summed E-state index contributed by atoms with van der Waals surface area (Å²) in [4.78, 5) is 34.7. The fourth-order valence-electron chi connectivity index (χ4n) is 4.76. The van der Waals surface area contributed by atoms with Crippen LogP contribution in [0.4, 0.5) is 24.7 Å². The van der Waals surface area contributed by atoms with Gasteiger partial charge in [0.25, 0.3) is 5.91 Å². The van der Waals surface area contributed by atoms with E-state index in [-0.39, 0.29) is 28.9 Å². The quantitative estimate of drug-likeness (QED) is 0.264. The summed E-state index contributed by atoms with van der Waals surface area (Å²) >= 11 is 0. The second kappa shape index (κ2) is 12.0. The van der Waals surface area contributed by atoms with Crippen molar-refractivity contribution in [3.63, 3.8) is 0 Å². The summed E-state index contributed by atoms with van der Waals surface area (Å²) < 4.78 is 47.8. The molecule has 2 amide bonds. The lowest BCUT2D eigenvalue weighted by Crippen LogP contribution is -2.26. The molecule has 0 spiro atoms. The number of hydrogen-bond acceptors (Lipinski definition) is 6. The number of nitrogens with zero attached hydrogens (tertiary/aromatic N) is 3. The molecule has 4 aromatic rings. The van der Waals surface area contributed by atoms with Gasteiger partial charge in [-0.3, -0.25) is 9.59 Å². The number of anilines is 2. The van der Waals surface area contributed by atoms with Crippen LogP contribution in [-0.4, -0.2) is 46.8 Å². The Kier molecular flexibility index (Phi) is 8.21. The topological polar surface area (TPSA) is 96.4 Å². The molecule has 0 aliphatic carbocycles. The molecule has 5 rings (SSSR count). The predicted molar refractivity (Wildman–Crippen MR) is 154 cm³/mol. The third-order valence-electron chi connectivity index (χ3n) is 6.87. The average Bonchev–Trinajstić information content (AvgIpc) is 2.94. The Morgan fingerprint density at radius 3 is 2.50 bits per heavy atom. The molecule has 8 nitrogen and oxygen atoms in total. The van der Waals surface area contributed by atoms with Crippen LogP contribution in [0.3, 0.4) is 0 Å². The monoisotopic (exact) mass is 575 g/mol. The van der Waals surface area contributed by atoms with Gasteiger partial charge in [-0.25, -0.2) is 9.97 Å². The number of rotatable bonds is 6. The number of carbonyl (C=O) groups excluding carboxylic acids is 2. The van der Waals surface area contributed by atoms with Crippen LogP contribution in [0.5, 0.6) is 11.6 Å². The van der Waals surface area contributed by atoms with Crippen LogP contribution >= 0.6 is 0 Å². The van der Waals surface area contributed by atoms with Crippen LogP contribution in [0.15, 0.2) is 72.6 Å². The summed E-state index contributed by atoms with van der Waals surface area (Å²) in [5.74, 6) is 0.0905. The molecule has 2 heterocycles. The first-order valence-electron chi connectivity index (χ1n) is 13.3. The van der Waals surface area contributed by atoms with E-state index < -0.39 is 17.6 Å². The van der Waals surface area contributed by atoms with Gasteiger partial charge in [0.05, 0.1) is 5.56 Å². The summed E-state index contributed by atoms with van der Waals surface area (Å²) in [5.41, 5.74) is 0.611. The normalized spacial score (nSPS) is 14.0. The van der Waals surface area contributed by atoms with Crippen molar-refractivity contribution < 1.29 is 27.5 Å². The van der Waals surface area contributed by atoms with E-state index in [4.69, 9.17) is 4.74 Å². The number of halogens is 3. The summed E-state index contributed by atoms with van der Waals surface area (Å²) in [6.45, 7) is 2.97. The lowest BCUT2D eigenvalue weighted by atomic mass is 9.98. The molecule has 0 unspecified atom stereocenters. The molecule has 1 saturated heterocycles. The molecule has 1 aliphatic heterocycles. The minimum atomic E-state index is -4.58. The van der Waals surface area contributed by atoms with Gasteiger partial charge >= 0.3 is 6.18 Å². The third kappa shape index (κ3) is 6.92. The zero-order valence-corrected chi connectivity index (χ0v) is 23.0. The summed E-state index contributed by atoms with van der Waals surface area (Å²) in [6.07, 6.45) is -0.268. The van der Waals surface area contributed by atoms with Crippen LogP contribution in [0.2, 0.25) is 0 Å². The third-order valence-corrected chi connectivity index (χ3v) is 6.87. The molecule has 0 atom stereocenters. The molecule has 1 aliphatic rings. The lowest BCUT2D eigenvalue weighted by molar-refractivity contribution is -0.137. The highest BCUT2D eigenvalue weighted by Crippen LogP contribution is 2.36. The Balaban J connectivity index is 1.36. The van der Waals surface area contributed by atoms with Gasteiger partial charge in [-0.15, -0.1) is 0 Å². The molecule has 1 fully saturated rings. The molecular formula is C31H28F3N5O3. The molecule has 42 heavy (non-hydrogen) atoms. The zero-order chi connectivity index (χ0) is 29.9. The summed E-state index contributed by atoms with van der Waals surface area (Å²) in [7, 11) is 1.99. The number of likely N-dealkylation sites (tertiary alicyclic amines) is 1. The maximum Gasteiger partial charge on any atom is 0.417 e. The molecule has 0 radical (unpaired) electrons. The maximum atomic E-state index is 14.0. The number of ether oxygens (including phenoxy) is 1. The number of benzene rings is 3. The average molecular weight is 576 g/mol. The number of amides is 2. The highest BCUT2D eigenvalue weighted by Gasteiger charge is 2.33. The lowest BCUT2D eigenvalue weighted by Gasteiger charge is -2.24. The van der Waals surface area contributed by atoms with Crippen LogP contribution in [0.1, 0.15) is 41.3 Å². The van der Waals surface area contributed by atoms with Gasteiger partial charge in [-0.05, 0) is 72.6 Å². The van der Waals surface area contributed by atoms with Gasteiger partial charge < -0.3 is 20.3 Å². The number of fused-ring (bicyclic) bond motifs is 1. The zero-order valence-electron chi connectivity index (χ0n) is 23.0. The van der Waals surface area contributed by atoms with Gasteiger partial charge in [0.2, 0.25) is 11.8 Å². The van der Waals surface area contributed by atoms with Crippen LogP contribution in [-0.2, 0) is 11.0 Å². The summed E-state index contributed by atoms with van der Waals surface area (Å²) in [6, 6.07) is 15.5. The SMILES string of the molecule is CC(=O)Nc1cc(Oc2ccc3c(C(=O)Nc4ccc(C=C5CCN(C)CC5)c(C(F)(F)F)c4)cccc3c2)ncn1. The van der Waals surface area contributed by atoms with Gasteiger partial charge in [0, 0.05) is 37.3 Å². The van der Waals surface area contributed by atoms with E-state index in [1.54, 1.807) is 42.5 Å². The number of carbonyl (C=O) groups is 2. The van der Waals surface area contributed by atoms with Crippen molar-refractivity contribution >= 4 is 40.2 Å². The molecule has 2 N–H and O–H groups in total. The van der Waals surface area contributed by atoms with Gasteiger partial charge in [-0.2, -0.15) is 13.2 Å². The Morgan fingerprint density at radius 2 is 1.76 bits per heavy atom. The Morgan fingerprint density at radius 1 is 0.976 bits per heavy atom. The van der Waals surface area contributed by atoms with Gasteiger partial charge in [0.1, 0.15) is 17.9 Å². The molecule has 11 heteroatoms. The first-order valence-corrected chi connectivity index (χ1v) is 13.3. The van der Waals surface area contributed by atoms with E-state index in [1.165, 1.54) is 31.5 Å². The second-order valence-corrected chi connectivity index (χ2v) is 10.1. The molecule has 3 aromatic carbocycles. The molecule has 0 bridgehead atoms. The van der Waals surface area contributed by atoms with Crippen LogP contribution in [0.25, 0.3) is 16.8 Å². The van der Waals surface area contributed by atoms with Crippen molar-refractivity contribution in [2.75, 3.05) is 30.8 Å². The van der Waals surface area contributed by atoms with E-state index >= 15 is 0 Å². The van der Waals surface area contributed by atoms with Crippen molar-refractivity contribution in [3.05, 3.63) is 89.3 Å². The number of piperidine rings is 1. The predicted octanol–water partition coefficient (Wildman–Crippen LogP) is 6.76. The van der Waals surface area contributed by atoms with Crippen molar-refractivity contribution in [3.8, 4) is 11.6 Å². The van der Waals surface area contributed by atoms with E-state index in [9.17, 15) is 22.8 Å². The summed E-state index contributed by atoms with van der Waals surface area (Å²) in [5, 5.41) is 6.44. The van der Waals surface area contributed by atoms with Gasteiger partial charge in [0.15, 0.2) is 0 Å². The minimum absolute atomic E-state index is 0.0496. The fraction of sp³-hybridized carbons (Fsp3) is 0.226. The van der Waals surface area contributed by atoms with Crippen LogP contribution in [0, 0.1) is 0 Å². The molecule has 1 aromatic heterocycles. The largest absolute Gasteiger partial charge is 0.439 e. The number of hydrogen-bond donors (Lipinski definition) is 2.